The molecule has 0 amide bonds. The number of rotatable bonds is 10. The van der Waals surface area contributed by atoms with Gasteiger partial charge in [-0.25, -0.2) is 9.48 Å². The van der Waals surface area contributed by atoms with E-state index in [-0.39, 0.29) is 0 Å². The summed E-state index contributed by atoms with van der Waals surface area (Å²) < 4.78 is 19.6. The first-order chi connectivity index (χ1) is 17.4. The summed E-state index contributed by atoms with van der Waals surface area (Å²) in [5.41, 5.74) is 2.98. The summed E-state index contributed by atoms with van der Waals surface area (Å²) in [4.78, 5) is 17.5. The van der Waals surface area contributed by atoms with Crippen LogP contribution in [0.4, 0.5) is 5.95 Å². The fourth-order valence-corrected chi connectivity index (χ4v) is 5.07. The second-order valence-corrected chi connectivity index (χ2v) is 10.2. The molecule has 1 N–H and O–H groups in total. The Hall–Kier alpha value is -2.98. The van der Waals surface area contributed by atoms with Gasteiger partial charge in [0, 0.05) is 15.9 Å². The number of nitrogens with one attached hydrogen (secondary N) is 1. The van der Waals surface area contributed by atoms with Gasteiger partial charge in [-0.15, -0.1) is 5.10 Å². The number of hydrogen-bond acceptors (Lipinski definition) is 8. The van der Waals surface area contributed by atoms with E-state index in [1.165, 1.54) is 7.11 Å². The van der Waals surface area contributed by atoms with Gasteiger partial charge in [-0.1, -0.05) is 59.2 Å². The molecule has 1 aliphatic heterocycles. The van der Waals surface area contributed by atoms with E-state index < -0.39 is 12.0 Å². The lowest BCUT2D eigenvalue weighted by Gasteiger charge is -2.28. The van der Waals surface area contributed by atoms with E-state index in [4.69, 9.17) is 19.3 Å². The Kier molecular flexibility index (Phi) is 8.58. The number of nitrogens with zero attached hydrogens (tertiary/aromatic N) is 3. The van der Waals surface area contributed by atoms with Gasteiger partial charge in [-0.3, -0.25) is 0 Å². The SMILES string of the molecule is CCCCSc1nc2n(n1)C(c1ccc(OCc3ccc(Br)cc3)c(OC)c1)C(C(=O)OC)=C(C)N2. The molecule has 0 saturated carbocycles. The zero-order chi connectivity index (χ0) is 25.7. The van der Waals surface area contributed by atoms with Crippen LogP contribution in [0.15, 0.2) is 63.4 Å². The van der Waals surface area contributed by atoms with E-state index in [0.717, 1.165) is 34.2 Å². The molecule has 0 aliphatic carbocycles. The number of fused-ring (bicyclic) bond motifs is 1. The first-order valence-electron chi connectivity index (χ1n) is 11.7. The molecule has 36 heavy (non-hydrogen) atoms. The number of carbonyl (C=O) groups excluding carboxylic acids is 1. The van der Waals surface area contributed by atoms with Crippen LogP contribution in [0.3, 0.4) is 0 Å². The first-order valence-corrected chi connectivity index (χ1v) is 13.4. The molecule has 8 nitrogen and oxygen atoms in total. The number of esters is 1. The van der Waals surface area contributed by atoms with Gasteiger partial charge < -0.3 is 19.5 Å². The van der Waals surface area contributed by atoms with Crippen LogP contribution >= 0.6 is 27.7 Å². The number of allylic oxidation sites excluding steroid dienone is 1. The number of halogens is 1. The highest BCUT2D eigenvalue weighted by Gasteiger charge is 2.35. The van der Waals surface area contributed by atoms with E-state index in [0.29, 0.717) is 40.5 Å². The van der Waals surface area contributed by atoms with Crippen molar-refractivity contribution in [2.75, 3.05) is 25.3 Å². The Bertz CT molecular complexity index is 1260. The highest BCUT2D eigenvalue weighted by atomic mass is 79.9. The lowest BCUT2D eigenvalue weighted by Crippen LogP contribution is -2.29. The van der Waals surface area contributed by atoms with Gasteiger partial charge >= 0.3 is 5.97 Å². The van der Waals surface area contributed by atoms with Crippen molar-refractivity contribution in [3.05, 3.63) is 69.3 Å². The minimum atomic E-state index is -0.531. The van der Waals surface area contributed by atoms with Crippen molar-refractivity contribution < 1.29 is 19.0 Å². The number of hydrogen-bond donors (Lipinski definition) is 1. The van der Waals surface area contributed by atoms with Gasteiger partial charge in [0.1, 0.15) is 12.6 Å². The molecule has 10 heteroatoms. The average Bonchev–Trinajstić information content (AvgIpc) is 3.29. The summed E-state index contributed by atoms with van der Waals surface area (Å²) >= 11 is 5.05. The number of methoxy groups -OCH3 is 2. The van der Waals surface area contributed by atoms with Crippen molar-refractivity contribution in [3.63, 3.8) is 0 Å². The van der Waals surface area contributed by atoms with Gasteiger partial charge in [0.05, 0.1) is 19.8 Å². The molecular formula is C26H29BrN4O4S. The largest absolute Gasteiger partial charge is 0.493 e. The summed E-state index contributed by atoms with van der Waals surface area (Å²) in [6, 6.07) is 13.1. The fraction of sp³-hybridized carbons (Fsp3) is 0.346. The number of anilines is 1. The minimum Gasteiger partial charge on any atom is -0.493 e. The van der Waals surface area contributed by atoms with Crippen LogP contribution < -0.4 is 14.8 Å². The average molecular weight is 574 g/mol. The summed E-state index contributed by atoms with van der Waals surface area (Å²) in [5, 5.41) is 8.61. The quantitative estimate of drug-likeness (QED) is 0.180. The Balaban J connectivity index is 1.67. The van der Waals surface area contributed by atoms with Gasteiger partial charge in [0.2, 0.25) is 11.1 Å². The number of aromatic nitrogens is 3. The summed E-state index contributed by atoms with van der Waals surface area (Å²) in [5.74, 6) is 2.25. The standard InChI is InChI=1S/C26H29BrN4O4S/c1-5-6-13-36-26-29-25-28-16(2)22(24(32)34-4)23(31(25)30-26)18-9-12-20(21(14-18)33-3)35-15-17-7-10-19(27)11-8-17/h7-12,14,23H,5-6,13,15H2,1-4H3,(H,28,29,30). The maximum atomic E-state index is 12.8. The maximum absolute atomic E-state index is 12.8. The molecule has 2 aromatic carbocycles. The molecule has 2 heterocycles. The van der Waals surface area contributed by atoms with E-state index >= 15 is 0 Å². The Morgan fingerprint density at radius 2 is 1.94 bits per heavy atom. The second kappa shape index (κ2) is 11.8. The molecule has 1 aromatic heterocycles. The smallest absolute Gasteiger partial charge is 0.338 e. The lowest BCUT2D eigenvalue weighted by molar-refractivity contribution is -0.136. The van der Waals surface area contributed by atoms with E-state index in [1.807, 2.05) is 49.4 Å². The first kappa shape index (κ1) is 26.1. The zero-order valence-corrected chi connectivity index (χ0v) is 23.1. The molecule has 0 fully saturated rings. The van der Waals surface area contributed by atoms with Gasteiger partial charge in [0.15, 0.2) is 11.5 Å². The van der Waals surface area contributed by atoms with Crippen LogP contribution in [-0.4, -0.2) is 40.7 Å². The third-order valence-corrected chi connectivity index (χ3v) is 7.23. The fourth-order valence-electron chi connectivity index (χ4n) is 3.90. The van der Waals surface area contributed by atoms with E-state index in [1.54, 1.807) is 23.6 Å². The zero-order valence-electron chi connectivity index (χ0n) is 20.7. The molecule has 3 aromatic rings. The van der Waals surface area contributed by atoms with Crippen LogP contribution in [-0.2, 0) is 16.1 Å². The second-order valence-electron chi connectivity index (χ2n) is 8.25. The molecular weight excluding hydrogens is 544 g/mol. The lowest BCUT2D eigenvalue weighted by atomic mass is 9.95. The highest BCUT2D eigenvalue weighted by Crippen LogP contribution is 2.40. The number of benzene rings is 2. The Morgan fingerprint density at radius 3 is 2.64 bits per heavy atom. The van der Waals surface area contributed by atoms with Gasteiger partial charge in [-0.05, 0) is 48.7 Å². The van der Waals surface area contributed by atoms with Crippen molar-refractivity contribution >= 4 is 39.6 Å². The molecule has 0 saturated heterocycles. The van der Waals surface area contributed by atoms with Crippen LogP contribution in [0.1, 0.15) is 43.9 Å². The molecule has 1 unspecified atom stereocenters. The molecule has 1 aliphatic rings. The predicted molar refractivity (Wildman–Crippen MR) is 144 cm³/mol. The van der Waals surface area contributed by atoms with E-state index in [9.17, 15) is 4.79 Å². The molecule has 4 rings (SSSR count). The number of thioether (sulfide) groups is 1. The summed E-state index contributed by atoms with van der Waals surface area (Å²) in [6.45, 7) is 4.39. The van der Waals surface area contributed by atoms with E-state index in [2.05, 4.69) is 33.2 Å². The third kappa shape index (κ3) is 5.70. The van der Waals surface area contributed by atoms with Crippen molar-refractivity contribution in [2.45, 2.75) is 44.5 Å². The van der Waals surface area contributed by atoms with Crippen LogP contribution in [0, 0.1) is 0 Å². The summed E-state index contributed by atoms with van der Waals surface area (Å²) in [7, 11) is 2.97. The van der Waals surface area contributed by atoms with Gasteiger partial charge in [-0.2, -0.15) is 4.98 Å². The number of unbranched alkanes of at least 4 members (excludes halogenated alkanes) is 1. The topological polar surface area (TPSA) is 87.5 Å². The highest BCUT2D eigenvalue weighted by molar-refractivity contribution is 9.10. The predicted octanol–water partition coefficient (Wildman–Crippen LogP) is 5.98. The Labute approximate surface area is 223 Å². The number of ether oxygens (including phenoxy) is 3. The summed E-state index contributed by atoms with van der Waals surface area (Å²) in [6.07, 6.45) is 2.18. The van der Waals surface area contributed by atoms with Crippen LogP contribution in [0.2, 0.25) is 0 Å². The minimum absolute atomic E-state index is 0.397. The number of carbonyl (C=O) groups is 1. The molecule has 0 spiro atoms. The van der Waals surface area contributed by atoms with Crippen molar-refractivity contribution in [2.24, 2.45) is 0 Å². The van der Waals surface area contributed by atoms with Crippen molar-refractivity contribution in [1.29, 1.82) is 0 Å². The third-order valence-electron chi connectivity index (χ3n) is 5.78. The Morgan fingerprint density at radius 1 is 1.17 bits per heavy atom. The molecule has 0 radical (unpaired) electrons. The van der Waals surface area contributed by atoms with Crippen molar-refractivity contribution in [3.8, 4) is 11.5 Å². The molecule has 190 valence electrons. The van der Waals surface area contributed by atoms with Crippen LogP contribution in [0.5, 0.6) is 11.5 Å². The molecule has 1 atom stereocenters. The maximum Gasteiger partial charge on any atom is 0.338 e. The monoisotopic (exact) mass is 572 g/mol. The van der Waals surface area contributed by atoms with Crippen LogP contribution in [0.25, 0.3) is 0 Å². The molecule has 0 bridgehead atoms. The van der Waals surface area contributed by atoms with Crippen molar-refractivity contribution in [1.82, 2.24) is 14.8 Å². The van der Waals surface area contributed by atoms with Gasteiger partial charge in [0.25, 0.3) is 0 Å². The normalized spacial score (nSPS) is 14.8.